The molecule has 102 valence electrons. The summed E-state index contributed by atoms with van der Waals surface area (Å²) in [5, 5.41) is 6.60. The van der Waals surface area contributed by atoms with Gasteiger partial charge < -0.3 is 10.6 Å². The summed E-state index contributed by atoms with van der Waals surface area (Å²) in [6, 6.07) is 0.413. The molecule has 1 unspecified atom stereocenters. The van der Waals surface area contributed by atoms with Gasteiger partial charge in [-0.15, -0.1) is 0 Å². The molecule has 18 heavy (non-hydrogen) atoms. The molecular formula is C14H26N4. The summed E-state index contributed by atoms with van der Waals surface area (Å²) in [6.45, 7) is 12.8. The Balaban J connectivity index is 3.23. The van der Waals surface area contributed by atoms with Gasteiger partial charge in [-0.05, 0) is 20.3 Å². The van der Waals surface area contributed by atoms with Gasteiger partial charge in [0.15, 0.2) is 0 Å². The Bertz CT molecular complexity index is 407. The fourth-order valence-corrected chi connectivity index (χ4v) is 1.57. The lowest BCUT2D eigenvalue weighted by Gasteiger charge is -2.22. The minimum atomic E-state index is -0.0504. The van der Waals surface area contributed by atoms with Gasteiger partial charge in [-0.25, -0.2) is 9.97 Å². The quantitative estimate of drug-likeness (QED) is 0.860. The molecule has 0 saturated carbocycles. The zero-order valence-electron chi connectivity index (χ0n) is 12.7. The third kappa shape index (κ3) is 3.34. The van der Waals surface area contributed by atoms with E-state index in [-0.39, 0.29) is 5.41 Å². The maximum atomic E-state index is 4.68. The van der Waals surface area contributed by atoms with Crippen LogP contribution in [0.5, 0.6) is 0 Å². The van der Waals surface area contributed by atoms with Gasteiger partial charge in [-0.1, -0.05) is 27.7 Å². The Labute approximate surface area is 111 Å². The van der Waals surface area contributed by atoms with Gasteiger partial charge in [0.25, 0.3) is 0 Å². The first kappa shape index (κ1) is 14.7. The number of hydrogen-bond acceptors (Lipinski definition) is 4. The van der Waals surface area contributed by atoms with Crippen molar-refractivity contribution < 1.29 is 0 Å². The normalized spacial score (nSPS) is 13.3. The van der Waals surface area contributed by atoms with E-state index in [1.54, 1.807) is 0 Å². The molecule has 1 rings (SSSR count). The summed E-state index contributed by atoms with van der Waals surface area (Å²) in [5.74, 6) is 2.71. The average molecular weight is 250 g/mol. The van der Waals surface area contributed by atoms with Crippen molar-refractivity contribution in [3.05, 3.63) is 11.4 Å². The van der Waals surface area contributed by atoms with Crippen molar-refractivity contribution in [3.63, 3.8) is 0 Å². The molecule has 2 N–H and O–H groups in total. The molecule has 0 fully saturated rings. The Morgan fingerprint density at radius 3 is 2.17 bits per heavy atom. The molecule has 0 spiro atoms. The molecular weight excluding hydrogens is 224 g/mol. The number of hydrogen-bond donors (Lipinski definition) is 2. The summed E-state index contributed by atoms with van der Waals surface area (Å²) < 4.78 is 0. The third-order valence-electron chi connectivity index (χ3n) is 3.05. The summed E-state index contributed by atoms with van der Waals surface area (Å²) in [7, 11) is 1.90. The largest absolute Gasteiger partial charge is 0.373 e. The van der Waals surface area contributed by atoms with Crippen LogP contribution in [0.15, 0.2) is 0 Å². The fourth-order valence-electron chi connectivity index (χ4n) is 1.57. The second-order valence-corrected chi connectivity index (χ2v) is 5.82. The predicted molar refractivity (Wildman–Crippen MR) is 78.4 cm³/mol. The molecule has 0 aliphatic carbocycles. The SMILES string of the molecule is CCC(C)Nc1nc(C(C)(C)C)nc(NC)c1C. The highest BCUT2D eigenvalue weighted by atomic mass is 15.1. The molecule has 4 nitrogen and oxygen atoms in total. The fraction of sp³-hybridized carbons (Fsp3) is 0.714. The molecule has 1 heterocycles. The first-order chi connectivity index (χ1) is 8.29. The van der Waals surface area contributed by atoms with E-state index in [0.29, 0.717) is 6.04 Å². The summed E-state index contributed by atoms with van der Waals surface area (Å²) in [5.41, 5.74) is 1.02. The van der Waals surface area contributed by atoms with Crippen LogP contribution in [-0.4, -0.2) is 23.1 Å². The summed E-state index contributed by atoms with van der Waals surface area (Å²) in [6.07, 6.45) is 1.07. The Kier molecular flexibility index (Phi) is 4.54. The Hall–Kier alpha value is -1.32. The van der Waals surface area contributed by atoms with Crippen LogP contribution in [0.2, 0.25) is 0 Å². The van der Waals surface area contributed by atoms with Gasteiger partial charge in [0.05, 0.1) is 0 Å². The molecule has 1 atom stereocenters. The van der Waals surface area contributed by atoms with Crippen LogP contribution in [0, 0.1) is 6.92 Å². The first-order valence-corrected chi connectivity index (χ1v) is 6.63. The molecule has 0 aromatic carbocycles. The van der Waals surface area contributed by atoms with Crippen LogP contribution >= 0.6 is 0 Å². The highest BCUT2D eigenvalue weighted by Gasteiger charge is 2.21. The highest BCUT2D eigenvalue weighted by molar-refractivity contribution is 5.57. The van der Waals surface area contributed by atoms with Gasteiger partial charge in [-0.2, -0.15) is 0 Å². The van der Waals surface area contributed by atoms with E-state index in [1.165, 1.54) is 0 Å². The van der Waals surface area contributed by atoms with Gasteiger partial charge in [0.2, 0.25) is 0 Å². The summed E-state index contributed by atoms with van der Waals surface area (Å²) in [4.78, 5) is 9.27. The van der Waals surface area contributed by atoms with E-state index < -0.39 is 0 Å². The van der Waals surface area contributed by atoms with Gasteiger partial charge in [0.1, 0.15) is 17.5 Å². The lowest BCUT2D eigenvalue weighted by Crippen LogP contribution is -2.22. The third-order valence-corrected chi connectivity index (χ3v) is 3.05. The number of nitrogens with zero attached hydrogens (tertiary/aromatic N) is 2. The van der Waals surface area contributed by atoms with E-state index >= 15 is 0 Å². The van der Waals surface area contributed by atoms with Crippen molar-refractivity contribution in [3.8, 4) is 0 Å². The van der Waals surface area contributed by atoms with Crippen molar-refractivity contribution in [2.24, 2.45) is 0 Å². The molecule has 0 saturated heterocycles. The van der Waals surface area contributed by atoms with Crippen molar-refractivity contribution in [1.29, 1.82) is 0 Å². The molecule has 0 bridgehead atoms. The number of rotatable bonds is 4. The maximum absolute atomic E-state index is 4.68. The lowest BCUT2D eigenvalue weighted by atomic mass is 9.95. The van der Waals surface area contributed by atoms with Crippen molar-refractivity contribution in [1.82, 2.24) is 9.97 Å². The minimum Gasteiger partial charge on any atom is -0.373 e. The van der Waals surface area contributed by atoms with Crippen LogP contribution in [-0.2, 0) is 5.41 Å². The number of nitrogens with one attached hydrogen (secondary N) is 2. The molecule has 0 aliphatic heterocycles. The van der Waals surface area contributed by atoms with E-state index in [9.17, 15) is 0 Å². The number of aromatic nitrogens is 2. The lowest BCUT2D eigenvalue weighted by molar-refractivity contribution is 0.545. The van der Waals surface area contributed by atoms with Gasteiger partial charge in [-0.3, -0.25) is 0 Å². The van der Waals surface area contributed by atoms with Crippen molar-refractivity contribution in [2.75, 3.05) is 17.7 Å². The Morgan fingerprint density at radius 2 is 1.72 bits per heavy atom. The van der Waals surface area contributed by atoms with E-state index in [0.717, 1.165) is 29.4 Å². The number of anilines is 2. The zero-order valence-corrected chi connectivity index (χ0v) is 12.7. The van der Waals surface area contributed by atoms with Crippen molar-refractivity contribution in [2.45, 2.75) is 59.4 Å². The molecule has 1 aromatic heterocycles. The second-order valence-electron chi connectivity index (χ2n) is 5.82. The standard InChI is InChI=1S/C14H26N4/c1-8-9(2)16-12-10(3)11(15-7)17-13(18-12)14(4,5)6/h9H,8H2,1-7H3,(H2,15,16,17,18). The van der Waals surface area contributed by atoms with Crippen LogP contribution < -0.4 is 10.6 Å². The second kappa shape index (κ2) is 5.55. The molecule has 4 heteroatoms. The molecule has 0 aliphatic rings. The average Bonchev–Trinajstić information content (AvgIpc) is 2.30. The first-order valence-electron chi connectivity index (χ1n) is 6.63. The summed E-state index contributed by atoms with van der Waals surface area (Å²) >= 11 is 0. The van der Waals surface area contributed by atoms with E-state index in [1.807, 2.05) is 14.0 Å². The highest BCUT2D eigenvalue weighted by Crippen LogP contribution is 2.26. The monoisotopic (exact) mass is 250 g/mol. The maximum Gasteiger partial charge on any atom is 0.138 e. The van der Waals surface area contributed by atoms with Crippen LogP contribution in [0.4, 0.5) is 11.6 Å². The minimum absolute atomic E-state index is 0.0504. The molecule has 0 radical (unpaired) electrons. The van der Waals surface area contributed by atoms with E-state index in [4.69, 9.17) is 0 Å². The zero-order chi connectivity index (χ0) is 13.9. The van der Waals surface area contributed by atoms with Crippen LogP contribution in [0.1, 0.15) is 52.4 Å². The van der Waals surface area contributed by atoms with Crippen molar-refractivity contribution >= 4 is 11.6 Å². The van der Waals surface area contributed by atoms with E-state index in [2.05, 4.69) is 55.2 Å². The van der Waals surface area contributed by atoms with Gasteiger partial charge in [0, 0.05) is 24.1 Å². The predicted octanol–water partition coefficient (Wildman–Crippen LogP) is 3.33. The Morgan fingerprint density at radius 1 is 1.17 bits per heavy atom. The van der Waals surface area contributed by atoms with Crippen LogP contribution in [0.25, 0.3) is 0 Å². The topological polar surface area (TPSA) is 49.8 Å². The molecule has 1 aromatic rings. The molecule has 0 amide bonds. The smallest absolute Gasteiger partial charge is 0.138 e. The van der Waals surface area contributed by atoms with Gasteiger partial charge >= 0.3 is 0 Å². The van der Waals surface area contributed by atoms with Crippen LogP contribution in [0.3, 0.4) is 0 Å².